The number of amides is 1. The SMILES string of the molecule is Cc1cccc(C(C)NC(=O)CC(C)C2CCCNC2)c1C. The van der Waals surface area contributed by atoms with Crippen LogP contribution in [-0.2, 0) is 4.79 Å². The Bertz CT molecular complexity index is 506. The Morgan fingerprint density at radius 1 is 1.36 bits per heavy atom. The van der Waals surface area contributed by atoms with Crippen molar-refractivity contribution >= 4 is 5.91 Å². The van der Waals surface area contributed by atoms with Crippen LogP contribution in [0, 0.1) is 25.7 Å². The maximum atomic E-state index is 12.3. The van der Waals surface area contributed by atoms with Gasteiger partial charge in [0.2, 0.25) is 5.91 Å². The maximum Gasteiger partial charge on any atom is 0.220 e. The maximum absolute atomic E-state index is 12.3. The highest BCUT2D eigenvalue weighted by Crippen LogP contribution is 2.24. The van der Waals surface area contributed by atoms with Gasteiger partial charge in [0.1, 0.15) is 0 Å². The van der Waals surface area contributed by atoms with Crippen LogP contribution in [0.5, 0.6) is 0 Å². The number of piperidine rings is 1. The van der Waals surface area contributed by atoms with Gasteiger partial charge in [-0.15, -0.1) is 0 Å². The molecule has 1 fully saturated rings. The second kappa shape index (κ2) is 7.77. The first kappa shape index (κ1) is 17.0. The standard InChI is InChI=1S/C19H30N2O/c1-13-7-5-9-18(15(13)3)16(4)21-19(22)11-14(2)17-8-6-10-20-12-17/h5,7,9,14,16-17,20H,6,8,10-12H2,1-4H3,(H,21,22). The van der Waals surface area contributed by atoms with E-state index in [1.807, 2.05) is 0 Å². The highest BCUT2D eigenvalue weighted by Gasteiger charge is 2.22. The molecule has 1 aromatic carbocycles. The summed E-state index contributed by atoms with van der Waals surface area (Å²) in [5.74, 6) is 1.25. The van der Waals surface area contributed by atoms with E-state index in [0.717, 1.165) is 13.1 Å². The molecule has 1 aliphatic rings. The molecule has 1 aliphatic heterocycles. The predicted octanol–water partition coefficient (Wildman–Crippen LogP) is 3.51. The number of nitrogens with one attached hydrogen (secondary N) is 2. The molecule has 0 radical (unpaired) electrons. The first-order chi connectivity index (χ1) is 10.5. The van der Waals surface area contributed by atoms with Crippen LogP contribution in [0.15, 0.2) is 18.2 Å². The van der Waals surface area contributed by atoms with Crippen molar-refractivity contribution < 1.29 is 4.79 Å². The number of benzene rings is 1. The molecular weight excluding hydrogens is 272 g/mol. The van der Waals surface area contributed by atoms with Crippen LogP contribution < -0.4 is 10.6 Å². The fourth-order valence-electron chi connectivity index (χ4n) is 3.44. The van der Waals surface area contributed by atoms with Crippen molar-refractivity contribution in [2.24, 2.45) is 11.8 Å². The van der Waals surface area contributed by atoms with Crippen molar-refractivity contribution in [1.29, 1.82) is 0 Å². The molecule has 3 heteroatoms. The van der Waals surface area contributed by atoms with Gasteiger partial charge in [-0.1, -0.05) is 25.1 Å². The number of hydrogen-bond donors (Lipinski definition) is 2. The number of carbonyl (C=O) groups is 1. The fraction of sp³-hybridized carbons (Fsp3) is 0.632. The molecule has 1 heterocycles. The van der Waals surface area contributed by atoms with Gasteiger partial charge in [0.25, 0.3) is 0 Å². The van der Waals surface area contributed by atoms with Crippen LogP contribution in [0.3, 0.4) is 0 Å². The number of rotatable bonds is 5. The summed E-state index contributed by atoms with van der Waals surface area (Å²) < 4.78 is 0. The molecule has 0 spiro atoms. The van der Waals surface area contributed by atoms with E-state index in [0.29, 0.717) is 18.3 Å². The summed E-state index contributed by atoms with van der Waals surface area (Å²) in [6.45, 7) is 10.7. The second-order valence-corrected chi connectivity index (χ2v) is 6.87. The second-order valence-electron chi connectivity index (χ2n) is 6.87. The summed E-state index contributed by atoms with van der Waals surface area (Å²) in [5.41, 5.74) is 3.78. The van der Waals surface area contributed by atoms with Crippen molar-refractivity contribution in [2.75, 3.05) is 13.1 Å². The minimum absolute atomic E-state index is 0.0732. The highest BCUT2D eigenvalue weighted by molar-refractivity contribution is 5.76. The summed E-state index contributed by atoms with van der Waals surface area (Å²) in [6, 6.07) is 6.37. The van der Waals surface area contributed by atoms with E-state index in [2.05, 4.69) is 56.5 Å². The van der Waals surface area contributed by atoms with Crippen molar-refractivity contribution in [1.82, 2.24) is 10.6 Å². The largest absolute Gasteiger partial charge is 0.350 e. The molecule has 0 aliphatic carbocycles. The first-order valence-corrected chi connectivity index (χ1v) is 8.55. The minimum Gasteiger partial charge on any atom is -0.350 e. The van der Waals surface area contributed by atoms with Gasteiger partial charge in [0, 0.05) is 6.42 Å². The van der Waals surface area contributed by atoms with E-state index >= 15 is 0 Å². The Morgan fingerprint density at radius 3 is 2.82 bits per heavy atom. The molecular formula is C19H30N2O. The van der Waals surface area contributed by atoms with Gasteiger partial charge in [-0.25, -0.2) is 0 Å². The molecule has 1 saturated heterocycles. The summed E-state index contributed by atoms with van der Waals surface area (Å²) in [6.07, 6.45) is 3.10. The Labute approximate surface area is 134 Å². The van der Waals surface area contributed by atoms with Gasteiger partial charge in [0.15, 0.2) is 0 Å². The van der Waals surface area contributed by atoms with Crippen molar-refractivity contribution in [3.05, 3.63) is 34.9 Å². The van der Waals surface area contributed by atoms with E-state index in [-0.39, 0.29) is 11.9 Å². The van der Waals surface area contributed by atoms with Gasteiger partial charge in [-0.3, -0.25) is 4.79 Å². The minimum atomic E-state index is 0.0732. The lowest BCUT2D eigenvalue weighted by Crippen LogP contribution is -2.36. The zero-order valence-corrected chi connectivity index (χ0v) is 14.4. The highest BCUT2D eigenvalue weighted by atomic mass is 16.1. The molecule has 1 aromatic rings. The Morgan fingerprint density at radius 2 is 2.14 bits per heavy atom. The number of carbonyl (C=O) groups excluding carboxylic acids is 1. The van der Waals surface area contributed by atoms with Crippen LogP contribution in [-0.4, -0.2) is 19.0 Å². The van der Waals surface area contributed by atoms with Crippen LogP contribution >= 0.6 is 0 Å². The zero-order valence-electron chi connectivity index (χ0n) is 14.4. The van der Waals surface area contributed by atoms with E-state index in [1.54, 1.807) is 0 Å². The number of aryl methyl sites for hydroxylation is 1. The lowest BCUT2D eigenvalue weighted by Gasteiger charge is -2.28. The Kier molecular flexibility index (Phi) is 6.01. The third kappa shape index (κ3) is 4.33. The smallest absolute Gasteiger partial charge is 0.220 e. The van der Waals surface area contributed by atoms with Gasteiger partial charge in [-0.2, -0.15) is 0 Å². The van der Waals surface area contributed by atoms with E-state index in [1.165, 1.54) is 29.5 Å². The summed E-state index contributed by atoms with van der Waals surface area (Å²) in [7, 11) is 0. The quantitative estimate of drug-likeness (QED) is 0.874. The molecule has 1 amide bonds. The summed E-state index contributed by atoms with van der Waals surface area (Å²) in [4.78, 5) is 12.3. The van der Waals surface area contributed by atoms with Gasteiger partial charge >= 0.3 is 0 Å². The lowest BCUT2D eigenvalue weighted by molar-refractivity contribution is -0.123. The van der Waals surface area contributed by atoms with Crippen molar-refractivity contribution in [3.8, 4) is 0 Å². The van der Waals surface area contributed by atoms with Gasteiger partial charge < -0.3 is 10.6 Å². The van der Waals surface area contributed by atoms with Crippen LogP contribution in [0.2, 0.25) is 0 Å². The summed E-state index contributed by atoms with van der Waals surface area (Å²) in [5, 5.41) is 6.61. The molecule has 0 saturated carbocycles. The van der Waals surface area contributed by atoms with Crippen LogP contribution in [0.4, 0.5) is 0 Å². The molecule has 122 valence electrons. The predicted molar refractivity (Wildman–Crippen MR) is 91.8 cm³/mol. The molecule has 0 aromatic heterocycles. The van der Waals surface area contributed by atoms with Crippen LogP contribution in [0.25, 0.3) is 0 Å². The molecule has 22 heavy (non-hydrogen) atoms. The van der Waals surface area contributed by atoms with E-state index in [4.69, 9.17) is 0 Å². The lowest BCUT2D eigenvalue weighted by atomic mass is 9.85. The molecule has 3 unspecified atom stereocenters. The number of hydrogen-bond acceptors (Lipinski definition) is 2. The fourth-order valence-corrected chi connectivity index (χ4v) is 3.44. The van der Waals surface area contributed by atoms with Crippen molar-refractivity contribution in [2.45, 2.75) is 53.0 Å². The normalized spacial score (nSPS) is 21.2. The third-order valence-electron chi connectivity index (χ3n) is 5.14. The Hall–Kier alpha value is -1.35. The average Bonchev–Trinajstić information content (AvgIpc) is 2.50. The zero-order chi connectivity index (χ0) is 16.1. The van der Waals surface area contributed by atoms with Gasteiger partial charge in [-0.05, 0) is 75.2 Å². The summed E-state index contributed by atoms with van der Waals surface area (Å²) >= 11 is 0. The molecule has 2 rings (SSSR count). The molecule has 3 atom stereocenters. The van der Waals surface area contributed by atoms with E-state index in [9.17, 15) is 4.79 Å². The topological polar surface area (TPSA) is 41.1 Å². The molecule has 3 nitrogen and oxygen atoms in total. The first-order valence-electron chi connectivity index (χ1n) is 8.55. The Balaban J connectivity index is 1.89. The molecule has 2 N–H and O–H groups in total. The van der Waals surface area contributed by atoms with E-state index < -0.39 is 0 Å². The van der Waals surface area contributed by atoms with Crippen LogP contribution in [0.1, 0.15) is 55.8 Å². The van der Waals surface area contributed by atoms with Crippen molar-refractivity contribution in [3.63, 3.8) is 0 Å². The molecule has 0 bridgehead atoms. The average molecular weight is 302 g/mol. The van der Waals surface area contributed by atoms with Gasteiger partial charge in [0.05, 0.1) is 6.04 Å². The monoisotopic (exact) mass is 302 g/mol. The third-order valence-corrected chi connectivity index (χ3v) is 5.14.